The number of esters is 1. The molecule has 4 aliphatic rings. The third-order valence-electron chi connectivity index (χ3n) is 7.03. The fraction of sp³-hybridized carbons (Fsp3) is 0.458. The summed E-state index contributed by atoms with van der Waals surface area (Å²) in [5, 5.41) is 2.81. The number of aromatic nitrogens is 1. The average Bonchev–Trinajstić information content (AvgIpc) is 2.72. The van der Waals surface area contributed by atoms with Crippen molar-refractivity contribution in [1.82, 2.24) is 4.98 Å². The fourth-order valence-electron chi connectivity index (χ4n) is 6.26. The van der Waals surface area contributed by atoms with Gasteiger partial charge in [-0.1, -0.05) is 18.2 Å². The molecule has 2 aromatic rings. The van der Waals surface area contributed by atoms with Crippen LogP contribution < -0.4 is 5.32 Å². The van der Waals surface area contributed by atoms with Gasteiger partial charge in [-0.2, -0.15) is 0 Å². The molecular formula is C24H26N2O3. The summed E-state index contributed by atoms with van der Waals surface area (Å²) in [6.45, 7) is -0.327. The quantitative estimate of drug-likeness (QED) is 0.771. The van der Waals surface area contributed by atoms with Crippen LogP contribution in [0.15, 0.2) is 48.7 Å². The first-order valence-corrected chi connectivity index (χ1v) is 10.6. The molecule has 0 saturated heterocycles. The van der Waals surface area contributed by atoms with E-state index in [2.05, 4.69) is 22.4 Å². The molecule has 4 aliphatic carbocycles. The monoisotopic (exact) mass is 390 g/mol. The summed E-state index contributed by atoms with van der Waals surface area (Å²) in [4.78, 5) is 28.0. The minimum absolute atomic E-state index is 0.195. The molecule has 0 radical (unpaired) electrons. The van der Waals surface area contributed by atoms with E-state index < -0.39 is 5.97 Å². The van der Waals surface area contributed by atoms with Crippen molar-refractivity contribution in [2.75, 3.05) is 11.9 Å². The van der Waals surface area contributed by atoms with Crippen LogP contribution >= 0.6 is 0 Å². The van der Waals surface area contributed by atoms with E-state index >= 15 is 0 Å². The Labute approximate surface area is 170 Å². The highest BCUT2D eigenvalue weighted by Crippen LogP contribution is 2.60. The topological polar surface area (TPSA) is 68.3 Å². The molecule has 4 fully saturated rings. The third kappa shape index (κ3) is 3.66. The molecule has 1 amide bonds. The maximum absolute atomic E-state index is 12.1. The number of ether oxygens (including phenoxy) is 1. The normalized spacial score (nSPS) is 29.4. The van der Waals surface area contributed by atoms with Crippen LogP contribution in [0, 0.1) is 17.8 Å². The standard InChI is InChI=1S/C24H26N2O3/c27-22(15-29-23(28)21-3-1-2-8-25-21)26-20-6-4-19(5-7-20)24-12-16-9-17(13-24)11-18(10-16)14-24/h1-8,16-18H,9-15H2,(H,26,27). The van der Waals surface area contributed by atoms with Crippen molar-refractivity contribution in [3.05, 3.63) is 59.9 Å². The Morgan fingerprint density at radius 3 is 2.21 bits per heavy atom. The van der Waals surface area contributed by atoms with Crippen molar-refractivity contribution in [1.29, 1.82) is 0 Å². The van der Waals surface area contributed by atoms with Gasteiger partial charge in [0.15, 0.2) is 6.61 Å². The van der Waals surface area contributed by atoms with Crippen molar-refractivity contribution in [2.45, 2.75) is 43.9 Å². The van der Waals surface area contributed by atoms with Gasteiger partial charge in [0.25, 0.3) is 5.91 Å². The smallest absolute Gasteiger partial charge is 0.357 e. The van der Waals surface area contributed by atoms with Gasteiger partial charge < -0.3 is 10.1 Å². The van der Waals surface area contributed by atoms with Crippen molar-refractivity contribution in [3.8, 4) is 0 Å². The number of hydrogen-bond donors (Lipinski definition) is 1. The van der Waals surface area contributed by atoms with E-state index in [0.717, 1.165) is 23.4 Å². The Morgan fingerprint density at radius 1 is 0.966 bits per heavy atom. The maximum Gasteiger partial charge on any atom is 0.357 e. The van der Waals surface area contributed by atoms with Crippen LogP contribution in [0.4, 0.5) is 5.69 Å². The van der Waals surface area contributed by atoms with Crippen molar-refractivity contribution in [3.63, 3.8) is 0 Å². The zero-order chi connectivity index (χ0) is 19.8. The molecule has 5 nitrogen and oxygen atoms in total. The zero-order valence-electron chi connectivity index (χ0n) is 16.5. The number of pyridine rings is 1. The highest BCUT2D eigenvalue weighted by Gasteiger charge is 2.51. The first-order valence-electron chi connectivity index (χ1n) is 10.6. The molecule has 1 heterocycles. The molecule has 150 valence electrons. The molecule has 0 aliphatic heterocycles. The molecular weight excluding hydrogens is 364 g/mol. The summed E-state index contributed by atoms with van der Waals surface area (Å²) in [5.41, 5.74) is 2.71. The summed E-state index contributed by atoms with van der Waals surface area (Å²) in [6.07, 6.45) is 9.80. The van der Waals surface area contributed by atoms with Gasteiger partial charge in [0.1, 0.15) is 5.69 Å². The van der Waals surface area contributed by atoms with E-state index in [0.29, 0.717) is 5.41 Å². The lowest BCUT2D eigenvalue weighted by atomic mass is 9.48. The van der Waals surface area contributed by atoms with Gasteiger partial charge in [0.2, 0.25) is 0 Å². The molecule has 1 aromatic carbocycles. The van der Waals surface area contributed by atoms with Crippen LogP contribution in [-0.4, -0.2) is 23.5 Å². The number of amides is 1. The van der Waals surface area contributed by atoms with Gasteiger partial charge >= 0.3 is 5.97 Å². The molecule has 4 saturated carbocycles. The summed E-state index contributed by atoms with van der Waals surface area (Å²) in [5.74, 6) is 1.79. The first kappa shape index (κ1) is 18.3. The van der Waals surface area contributed by atoms with E-state index in [9.17, 15) is 9.59 Å². The number of nitrogens with one attached hydrogen (secondary N) is 1. The third-order valence-corrected chi connectivity index (χ3v) is 7.03. The largest absolute Gasteiger partial charge is 0.451 e. The second-order valence-corrected chi connectivity index (χ2v) is 9.11. The first-order chi connectivity index (χ1) is 14.1. The Bertz CT molecular complexity index is 872. The number of carbonyl (C=O) groups excluding carboxylic acids is 2. The molecule has 6 rings (SSSR count). The summed E-state index contributed by atoms with van der Waals surface area (Å²) in [7, 11) is 0. The lowest BCUT2D eigenvalue weighted by molar-refractivity contribution is -0.119. The maximum atomic E-state index is 12.1. The molecule has 0 unspecified atom stereocenters. The number of benzene rings is 1. The highest BCUT2D eigenvalue weighted by molar-refractivity contribution is 5.94. The molecule has 0 atom stereocenters. The molecule has 0 spiro atoms. The van der Waals surface area contributed by atoms with Crippen LogP contribution in [0.1, 0.15) is 54.6 Å². The molecule has 1 N–H and O–H groups in total. The Kier molecular flexibility index (Phi) is 4.61. The van der Waals surface area contributed by atoms with E-state index in [1.54, 1.807) is 18.2 Å². The van der Waals surface area contributed by atoms with E-state index in [1.807, 2.05) is 12.1 Å². The van der Waals surface area contributed by atoms with Crippen molar-refractivity contribution < 1.29 is 14.3 Å². The fourth-order valence-corrected chi connectivity index (χ4v) is 6.26. The van der Waals surface area contributed by atoms with Crippen LogP contribution in [0.2, 0.25) is 0 Å². The van der Waals surface area contributed by atoms with E-state index in [-0.39, 0.29) is 18.2 Å². The van der Waals surface area contributed by atoms with Crippen molar-refractivity contribution in [2.24, 2.45) is 17.8 Å². The van der Waals surface area contributed by atoms with E-state index in [1.165, 1.54) is 50.3 Å². The number of hydrogen-bond acceptors (Lipinski definition) is 4. The van der Waals surface area contributed by atoms with Crippen molar-refractivity contribution >= 4 is 17.6 Å². The lowest BCUT2D eigenvalue weighted by Crippen LogP contribution is -2.48. The minimum atomic E-state index is -0.599. The number of nitrogens with zero attached hydrogens (tertiary/aromatic N) is 1. The van der Waals surface area contributed by atoms with E-state index in [4.69, 9.17) is 4.74 Å². The summed E-state index contributed by atoms with van der Waals surface area (Å²) in [6, 6.07) is 13.3. The van der Waals surface area contributed by atoms with Gasteiger partial charge in [-0.25, -0.2) is 9.78 Å². The molecule has 29 heavy (non-hydrogen) atoms. The van der Waals surface area contributed by atoms with Crippen LogP contribution in [0.25, 0.3) is 0 Å². The van der Waals surface area contributed by atoms with Gasteiger partial charge in [-0.05, 0) is 91.5 Å². The lowest BCUT2D eigenvalue weighted by Gasteiger charge is -2.57. The predicted octanol–water partition coefficient (Wildman–Crippen LogP) is 4.34. The zero-order valence-corrected chi connectivity index (χ0v) is 16.5. The SMILES string of the molecule is O=C(COC(=O)c1ccccn1)Nc1ccc(C23CC4CC(CC(C4)C2)C3)cc1. The second kappa shape index (κ2) is 7.29. The summed E-state index contributed by atoms with van der Waals surface area (Å²) < 4.78 is 5.04. The molecule has 1 aromatic heterocycles. The Balaban J connectivity index is 1.19. The van der Waals surface area contributed by atoms with Gasteiger partial charge in [-0.3, -0.25) is 4.79 Å². The van der Waals surface area contributed by atoms with Gasteiger partial charge in [0.05, 0.1) is 0 Å². The van der Waals surface area contributed by atoms with Gasteiger partial charge in [-0.15, -0.1) is 0 Å². The highest BCUT2D eigenvalue weighted by atomic mass is 16.5. The van der Waals surface area contributed by atoms with Gasteiger partial charge in [0, 0.05) is 11.9 Å². The number of carbonyl (C=O) groups is 2. The van der Waals surface area contributed by atoms with Crippen LogP contribution in [0.5, 0.6) is 0 Å². The number of anilines is 1. The Morgan fingerprint density at radius 2 is 1.62 bits per heavy atom. The van der Waals surface area contributed by atoms with Crippen LogP contribution in [-0.2, 0) is 14.9 Å². The Hall–Kier alpha value is -2.69. The molecule has 4 bridgehead atoms. The average molecular weight is 390 g/mol. The summed E-state index contributed by atoms with van der Waals surface area (Å²) >= 11 is 0. The second-order valence-electron chi connectivity index (χ2n) is 9.11. The predicted molar refractivity (Wildman–Crippen MR) is 109 cm³/mol. The minimum Gasteiger partial charge on any atom is -0.451 e. The van der Waals surface area contributed by atoms with Crippen LogP contribution in [0.3, 0.4) is 0 Å². The molecule has 5 heteroatoms. The number of rotatable bonds is 5.